The van der Waals surface area contributed by atoms with Crippen molar-refractivity contribution in [3.05, 3.63) is 65.5 Å². The first-order valence-electron chi connectivity index (χ1n) is 10.5. The number of benzene rings is 2. The summed E-state index contributed by atoms with van der Waals surface area (Å²) in [6.45, 7) is 5.85. The minimum Gasteiger partial charge on any atom is -0.496 e. The molecular weight excluding hydrogens is 436 g/mol. The number of hydrogen-bond acceptors (Lipinski definition) is 6. The van der Waals surface area contributed by atoms with Gasteiger partial charge in [-0.1, -0.05) is 41.6 Å². The molecule has 0 atom stereocenters. The van der Waals surface area contributed by atoms with E-state index in [2.05, 4.69) is 20.6 Å². The lowest BCUT2D eigenvalue weighted by Gasteiger charge is -2.13. The van der Waals surface area contributed by atoms with Crippen molar-refractivity contribution in [2.75, 3.05) is 18.2 Å². The highest BCUT2D eigenvalue weighted by Gasteiger charge is 2.20. The third-order valence-corrected chi connectivity index (χ3v) is 6.31. The van der Waals surface area contributed by atoms with Crippen molar-refractivity contribution in [1.82, 2.24) is 24.5 Å². The molecule has 0 aliphatic carbocycles. The Labute approximate surface area is 197 Å². The van der Waals surface area contributed by atoms with Gasteiger partial charge >= 0.3 is 0 Å². The van der Waals surface area contributed by atoms with Gasteiger partial charge in [0.2, 0.25) is 5.91 Å². The molecule has 1 N–H and O–H groups in total. The van der Waals surface area contributed by atoms with Crippen molar-refractivity contribution in [2.24, 2.45) is 7.05 Å². The van der Waals surface area contributed by atoms with Crippen LogP contribution in [0.5, 0.6) is 5.75 Å². The standard InChI is InChI=1S/C24H26N6O2S/c1-15-10-12-18(13-11-15)30-23(19-8-6-7-9-20(19)32-5)26-27-24(30)33-14-21(31)25-22-16(2)28-29(4)17(22)3/h6-13H,14H2,1-5H3,(H,25,31). The molecule has 0 aliphatic heterocycles. The number of ether oxygens (including phenoxy) is 1. The maximum Gasteiger partial charge on any atom is 0.234 e. The number of anilines is 1. The molecule has 9 heteroatoms. The number of amides is 1. The summed E-state index contributed by atoms with van der Waals surface area (Å²) in [7, 11) is 3.49. The first kappa shape index (κ1) is 22.6. The zero-order valence-electron chi connectivity index (χ0n) is 19.3. The second-order valence-electron chi connectivity index (χ2n) is 7.68. The van der Waals surface area contributed by atoms with Gasteiger partial charge in [-0.3, -0.25) is 14.0 Å². The molecule has 0 spiro atoms. The molecule has 33 heavy (non-hydrogen) atoms. The van der Waals surface area contributed by atoms with Crippen LogP contribution in [0.2, 0.25) is 0 Å². The Balaban J connectivity index is 1.65. The first-order valence-corrected chi connectivity index (χ1v) is 11.5. The number of aryl methyl sites for hydroxylation is 3. The van der Waals surface area contributed by atoms with Gasteiger partial charge in [0.05, 0.1) is 35.5 Å². The van der Waals surface area contributed by atoms with Crippen molar-refractivity contribution in [3.8, 4) is 22.8 Å². The molecule has 8 nitrogen and oxygen atoms in total. The molecule has 0 fully saturated rings. The third kappa shape index (κ3) is 4.63. The van der Waals surface area contributed by atoms with Gasteiger partial charge in [-0.25, -0.2) is 0 Å². The highest BCUT2D eigenvalue weighted by atomic mass is 32.2. The Morgan fingerprint density at radius 2 is 1.79 bits per heavy atom. The smallest absolute Gasteiger partial charge is 0.234 e. The molecule has 4 aromatic rings. The van der Waals surface area contributed by atoms with E-state index < -0.39 is 0 Å². The first-order chi connectivity index (χ1) is 15.9. The maximum absolute atomic E-state index is 12.7. The zero-order chi connectivity index (χ0) is 23.5. The SMILES string of the molecule is COc1ccccc1-c1nnc(SCC(=O)Nc2c(C)nn(C)c2C)n1-c1ccc(C)cc1. The van der Waals surface area contributed by atoms with Gasteiger partial charge in [0, 0.05) is 12.7 Å². The van der Waals surface area contributed by atoms with E-state index >= 15 is 0 Å². The van der Waals surface area contributed by atoms with Gasteiger partial charge in [0.1, 0.15) is 5.75 Å². The van der Waals surface area contributed by atoms with Crippen LogP contribution in [0.4, 0.5) is 5.69 Å². The summed E-state index contributed by atoms with van der Waals surface area (Å²) in [6, 6.07) is 15.8. The van der Waals surface area contributed by atoms with Crippen molar-refractivity contribution in [1.29, 1.82) is 0 Å². The molecule has 2 aromatic carbocycles. The number of rotatable bonds is 7. The second-order valence-corrected chi connectivity index (χ2v) is 8.63. The lowest BCUT2D eigenvalue weighted by molar-refractivity contribution is -0.113. The molecule has 170 valence electrons. The van der Waals surface area contributed by atoms with Crippen LogP contribution in [0, 0.1) is 20.8 Å². The minimum atomic E-state index is -0.128. The predicted molar refractivity (Wildman–Crippen MR) is 130 cm³/mol. The number of nitrogens with zero attached hydrogens (tertiary/aromatic N) is 5. The molecule has 0 saturated carbocycles. The van der Waals surface area contributed by atoms with Gasteiger partial charge in [0.25, 0.3) is 0 Å². The summed E-state index contributed by atoms with van der Waals surface area (Å²) in [5.41, 5.74) is 5.33. The Bertz CT molecular complexity index is 1290. The fourth-order valence-corrected chi connectivity index (χ4v) is 4.31. The Morgan fingerprint density at radius 1 is 1.06 bits per heavy atom. The summed E-state index contributed by atoms with van der Waals surface area (Å²) in [5, 5.41) is 16.8. The van der Waals surface area contributed by atoms with Crippen LogP contribution < -0.4 is 10.1 Å². The number of aromatic nitrogens is 5. The summed E-state index contributed by atoms with van der Waals surface area (Å²) in [5.74, 6) is 1.41. The molecule has 2 aromatic heterocycles. The molecule has 0 saturated heterocycles. The average molecular weight is 463 g/mol. The minimum absolute atomic E-state index is 0.128. The molecule has 0 bridgehead atoms. The van der Waals surface area contributed by atoms with Gasteiger partial charge in [-0.15, -0.1) is 10.2 Å². The lowest BCUT2D eigenvalue weighted by Crippen LogP contribution is -2.15. The molecule has 0 unspecified atom stereocenters. The highest BCUT2D eigenvalue weighted by molar-refractivity contribution is 7.99. The third-order valence-electron chi connectivity index (χ3n) is 5.38. The van der Waals surface area contributed by atoms with Crippen LogP contribution in [-0.2, 0) is 11.8 Å². The van der Waals surface area contributed by atoms with Crippen LogP contribution in [0.3, 0.4) is 0 Å². The normalized spacial score (nSPS) is 10.9. The monoisotopic (exact) mass is 462 g/mol. The number of nitrogens with one attached hydrogen (secondary N) is 1. The van der Waals surface area contributed by atoms with E-state index in [1.54, 1.807) is 11.8 Å². The van der Waals surface area contributed by atoms with Gasteiger partial charge in [-0.2, -0.15) is 5.10 Å². The van der Waals surface area contributed by atoms with Gasteiger partial charge < -0.3 is 10.1 Å². The van der Waals surface area contributed by atoms with E-state index in [4.69, 9.17) is 4.74 Å². The average Bonchev–Trinajstić information content (AvgIpc) is 3.34. The fourth-order valence-electron chi connectivity index (χ4n) is 3.55. The quantitative estimate of drug-likeness (QED) is 0.411. The summed E-state index contributed by atoms with van der Waals surface area (Å²) in [6.07, 6.45) is 0. The van der Waals surface area contributed by atoms with E-state index in [-0.39, 0.29) is 11.7 Å². The summed E-state index contributed by atoms with van der Waals surface area (Å²) >= 11 is 1.33. The van der Waals surface area contributed by atoms with E-state index in [0.29, 0.717) is 16.7 Å². The van der Waals surface area contributed by atoms with E-state index in [1.807, 2.05) is 80.9 Å². The van der Waals surface area contributed by atoms with E-state index in [1.165, 1.54) is 11.8 Å². The van der Waals surface area contributed by atoms with Crippen LogP contribution in [0.1, 0.15) is 17.0 Å². The largest absolute Gasteiger partial charge is 0.496 e. The molecule has 4 rings (SSSR count). The topological polar surface area (TPSA) is 86.9 Å². The van der Waals surface area contributed by atoms with Gasteiger partial charge in [-0.05, 0) is 45.0 Å². The number of para-hydroxylation sites is 1. The predicted octanol–water partition coefficient (Wildman–Crippen LogP) is 4.33. The van der Waals surface area contributed by atoms with Crippen molar-refractivity contribution in [3.63, 3.8) is 0 Å². The van der Waals surface area contributed by atoms with Crippen LogP contribution >= 0.6 is 11.8 Å². The maximum atomic E-state index is 12.7. The second kappa shape index (κ2) is 9.50. The van der Waals surface area contributed by atoms with Crippen molar-refractivity contribution >= 4 is 23.4 Å². The van der Waals surface area contributed by atoms with E-state index in [0.717, 1.165) is 33.9 Å². The lowest BCUT2D eigenvalue weighted by atomic mass is 10.1. The van der Waals surface area contributed by atoms with Crippen LogP contribution in [-0.4, -0.2) is 43.3 Å². The molecule has 0 radical (unpaired) electrons. The van der Waals surface area contributed by atoms with Crippen molar-refractivity contribution in [2.45, 2.75) is 25.9 Å². The van der Waals surface area contributed by atoms with Gasteiger partial charge in [0.15, 0.2) is 11.0 Å². The molecular formula is C24H26N6O2S. The molecule has 1 amide bonds. The summed E-state index contributed by atoms with van der Waals surface area (Å²) in [4.78, 5) is 12.7. The Kier molecular flexibility index (Phi) is 6.50. The molecule has 2 heterocycles. The number of thioether (sulfide) groups is 1. The Hall–Kier alpha value is -3.59. The highest BCUT2D eigenvalue weighted by Crippen LogP contribution is 2.33. The van der Waals surface area contributed by atoms with Crippen LogP contribution in [0.15, 0.2) is 53.7 Å². The Morgan fingerprint density at radius 3 is 2.45 bits per heavy atom. The van der Waals surface area contributed by atoms with Crippen LogP contribution in [0.25, 0.3) is 17.1 Å². The van der Waals surface area contributed by atoms with E-state index in [9.17, 15) is 4.79 Å². The number of carbonyl (C=O) groups excluding carboxylic acids is 1. The summed E-state index contributed by atoms with van der Waals surface area (Å²) < 4.78 is 9.26. The molecule has 0 aliphatic rings. The number of methoxy groups -OCH3 is 1. The van der Waals surface area contributed by atoms with Crippen molar-refractivity contribution < 1.29 is 9.53 Å². The zero-order valence-corrected chi connectivity index (χ0v) is 20.1. The number of hydrogen-bond donors (Lipinski definition) is 1. The fraction of sp³-hybridized carbons (Fsp3) is 0.250. The number of carbonyl (C=O) groups is 1.